The van der Waals surface area contributed by atoms with Crippen molar-refractivity contribution >= 4 is 11.8 Å². The Balaban J connectivity index is 1.97. The molecule has 0 bridgehead atoms. The Hall–Kier alpha value is -2.70. The molecule has 6 heteroatoms. The van der Waals surface area contributed by atoms with Crippen LogP contribution in [0.5, 0.6) is 0 Å². The Bertz CT molecular complexity index is 869. The van der Waals surface area contributed by atoms with Crippen LogP contribution in [0.15, 0.2) is 54.6 Å². The predicted octanol–water partition coefficient (Wildman–Crippen LogP) is 2.66. The van der Waals surface area contributed by atoms with Gasteiger partial charge in [-0.25, -0.2) is 0 Å². The first-order valence-corrected chi connectivity index (χ1v) is 10.3. The first kappa shape index (κ1) is 22.0. The number of carbonyl (C=O) groups excluding carboxylic acids is 2. The number of carbonyl (C=O) groups is 2. The lowest BCUT2D eigenvalue weighted by Crippen LogP contribution is -2.63. The van der Waals surface area contributed by atoms with E-state index < -0.39 is 5.60 Å². The van der Waals surface area contributed by atoms with Gasteiger partial charge in [0.15, 0.2) is 5.60 Å². The van der Waals surface area contributed by atoms with Crippen LogP contribution in [0.2, 0.25) is 0 Å². The summed E-state index contributed by atoms with van der Waals surface area (Å²) in [5, 5.41) is 2.99. The van der Waals surface area contributed by atoms with E-state index in [2.05, 4.69) is 23.5 Å². The van der Waals surface area contributed by atoms with Gasteiger partial charge in [-0.05, 0) is 30.5 Å². The summed E-state index contributed by atoms with van der Waals surface area (Å²) in [6, 6.07) is 18.1. The lowest BCUT2D eigenvalue weighted by molar-refractivity contribution is -0.167. The van der Waals surface area contributed by atoms with Crippen LogP contribution in [0.3, 0.4) is 0 Å². The third kappa shape index (κ3) is 5.07. The van der Waals surface area contributed by atoms with Crippen molar-refractivity contribution in [3.05, 3.63) is 60.2 Å². The van der Waals surface area contributed by atoms with Gasteiger partial charge in [-0.1, -0.05) is 54.6 Å². The maximum Gasteiger partial charge on any atom is 0.254 e. The van der Waals surface area contributed by atoms with Gasteiger partial charge in [0, 0.05) is 26.1 Å². The quantitative estimate of drug-likeness (QED) is 0.762. The highest BCUT2D eigenvalue weighted by Gasteiger charge is 2.45. The monoisotopic (exact) mass is 410 g/mol. The minimum absolute atomic E-state index is 0.0114. The minimum Gasteiger partial charge on any atom is -0.375 e. The maximum absolute atomic E-state index is 13.3. The molecule has 2 aromatic rings. The summed E-state index contributed by atoms with van der Waals surface area (Å²) in [7, 11) is 1.49. The van der Waals surface area contributed by atoms with E-state index in [1.165, 1.54) is 7.11 Å². The number of hydrogen-bond donors (Lipinski definition) is 1. The number of ether oxygens (including phenoxy) is 2. The Morgan fingerprint density at radius 1 is 1.13 bits per heavy atom. The number of methoxy groups -OCH3 is 1. The zero-order valence-electron chi connectivity index (χ0n) is 17.9. The molecule has 3 rings (SSSR count). The van der Waals surface area contributed by atoms with E-state index in [1.807, 2.05) is 50.2 Å². The Kier molecular flexibility index (Phi) is 7.24. The molecule has 1 aliphatic heterocycles. The van der Waals surface area contributed by atoms with Crippen molar-refractivity contribution < 1.29 is 19.1 Å². The van der Waals surface area contributed by atoms with Gasteiger partial charge >= 0.3 is 0 Å². The molecule has 160 valence electrons. The topological polar surface area (TPSA) is 67.9 Å². The molecule has 1 saturated heterocycles. The largest absolute Gasteiger partial charge is 0.375 e. The van der Waals surface area contributed by atoms with Gasteiger partial charge in [0.25, 0.3) is 5.91 Å². The minimum atomic E-state index is -1.16. The fraction of sp³-hybridized carbons (Fsp3) is 0.417. The molecule has 0 aromatic heterocycles. The van der Waals surface area contributed by atoms with Gasteiger partial charge in [-0.3, -0.25) is 9.59 Å². The van der Waals surface area contributed by atoms with Crippen LogP contribution in [-0.2, 0) is 25.5 Å². The lowest BCUT2D eigenvalue weighted by Gasteiger charge is -2.42. The number of hydrogen-bond acceptors (Lipinski definition) is 4. The Morgan fingerprint density at radius 2 is 1.83 bits per heavy atom. The molecule has 30 heavy (non-hydrogen) atoms. The van der Waals surface area contributed by atoms with Gasteiger partial charge in [0.05, 0.1) is 13.2 Å². The third-order valence-corrected chi connectivity index (χ3v) is 5.22. The molecule has 2 aromatic carbocycles. The summed E-state index contributed by atoms with van der Waals surface area (Å²) in [6.45, 7) is 4.76. The van der Waals surface area contributed by atoms with E-state index in [-0.39, 0.29) is 31.0 Å². The molecule has 0 unspecified atom stereocenters. The number of nitrogens with one attached hydrogen (secondary N) is 1. The summed E-state index contributed by atoms with van der Waals surface area (Å²) in [5.74, 6) is -0.339. The number of rotatable bonds is 7. The van der Waals surface area contributed by atoms with Crippen LogP contribution in [0.25, 0.3) is 11.1 Å². The standard InChI is InChI=1S/C24H30N2O4/c1-18(2)25-23(28)24(17-26(13-14-30-24)22(27)16-29-3)15-20-11-7-8-12-21(20)19-9-5-4-6-10-19/h4-12,18H,13-17H2,1-3H3,(H,25,28)/t24-/m0/s1. The van der Waals surface area contributed by atoms with Crippen LogP contribution in [0, 0.1) is 0 Å². The molecule has 1 heterocycles. The van der Waals surface area contributed by atoms with Gasteiger partial charge in [0.1, 0.15) is 6.61 Å². The summed E-state index contributed by atoms with van der Waals surface area (Å²) >= 11 is 0. The first-order chi connectivity index (χ1) is 14.4. The van der Waals surface area contributed by atoms with E-state index in [1.54, 1.807) is 4.90 Å². The second-order valence-electron chi connectivity index (χ2n) is 7.92. The molecule has 1 fully saturated rings. The smallest absolute Gasteiger partial charge is 0.254 e. The molecule has 1 N–H and O–H groups in total. The maximum atomic E-state index is 13.3. The highest BCUT2D eigenvalue weighted by molar-refractivity contribution is 5.88. The van der Waals surface area contributed by atoms with Crippen LogP contribution < -0.4 is 5.32 Å². The second kappa shape index (κ2) is 9.87. The SMILES string of the molecule is COCC(=O)N1CCO[C@](Cc2ccccc2-c2ccccc2)(C(=O)NC(C)C)C1. The zero-order valence-corrected chi connectivity index (χ0v) is 17.9. The van der Waals surface area contributed by atoms with Crippen LogP contribution in [0.1, 0.15) is 19.4 Å². The van der Waals surface area contributed by atoms with Gasteiger partial charge in [0.2, 0.25) is 5.91 Å². The van der Waals surface area contributed by atoms with Gasteiger partial charge in [-0.15, -0.1) is 0 Å². The summed E-state index contributed by atoms with van der Waals surface area (Å²) in [4.78, 5) is 27.5. The van der Waals surface area contributed by atoms with E-state index in [4.69, 9.17) is 9.47 Å². The van der Waals surface area contributed by atoms with E-state index in [0.717, 1.165) is 16.7 Å². The Morgan fingerprint density at radius 3 is 2.53 bits per heavy atom. The van der Waals surface area contributed by atoms with Crippen LogP contribution in [-0.4, -0.2) is 61.8 Å². The molecule has 2 amide bonds. The molecule has 0 spiro atoms. The van der Waals surface area contributed by atoms with Crippen molar-refractivity contribution in [1.82, 2.24) is 10.2 Å². The molecule has 1 atom stereocenters. The summed E-state index contributed by atoms with van der Waals surface area (Å²) < 4.78 is 11.1. The summed E-state index contributed by atoms with van der Waals surface area (Å²) in [6.07, 6.45) is 0.368. The first-order valence-electron chi connectivity index (χ1n) is 10.3. The third-order valence-electron chi connectivity index (χ3n) is 5.22. The predicted molar refractivity (Wildman–Crippen MR) is 116 cm³/mol. The van der Waals surface area contributed by atoms with Gasteiger partial charge in [-0.2, -0.15) is 0 Å². The lowest BCUT2D eigenvalue weighted by atomic mass is 9.87. The van der Waals surface area contributed by atoms with Gasteiger partial charge < -0.3 is 19.7 Å². The zero-order chi connectivity index (χ0) is 21.6. The average Bonchev–Trinajstić information content (AvgIpc) is 2.74. The molecular formula is C24H30N2O4. The van der Waals surface area contributed by atoms with Crippen molar-refractivity contribution in [2.24, 2.45) is 0 Å². The van der Waals surface area contributed by atoms with E-state index in [0.29, 0.717) is 19.6 Å². The molecule has 0 radical (unpaired) electrons. The second-order valence-corrected chi connectivity index (χ2v) is 7.92. The van der Waals surface area contributed by atoms with Crippen molar-refractivity contribution in [2.75, 3.05) is 33.4 Å². The van der Waals surface area contributed by atoms with Crippen molar-refractivity contribution in [3.8, 4) is 11.1 Å². The average molecular weight is 411 g/mol. The van der Waals surface area contributed by atoms with Crippen LogP contribution in [0.4, 0.5) is 0 Å². The number of morpholine rings is 1. The van der Waals surface area contributed by atoms with Crippen molar-refractivity contribution in [1.29, 1.82) is 0 Å². The highest BCUT2D eigenvalue weighted by Crippen LogP contribution is 2.30. The normalized spacial score (nSPS) is 19.0. The molecular weight excluding hydrogens is 380 g/mol. The number of benzene rings is 2. The molecule has 0 aliphatic carbocycles. The van der Waals surface area contributed by atoms with E-state index in [9.17, 15) is 9.59 Å². The number of amides is 2. The summed E-state index contributed by atoms with van der Waals surface area (Å²) in [5.41, 5.74) is 1.98. The van der Waals surface area contributed by atoms with Crippen molar-refractivity contribution in [2.45, 2.75) is 31.9 Å². The molecule has 6 nitrogen and oxygen atoms in total. The molecule has 0 saturated carbocycles. The number of nitrogens with zero attached hydrogens (tertiary/aromatic N) is 1. The van der Waals surface area contributed by atoms with Crippen molar-refractivity contribution in [3.63, 3.8) is 0 Å². The van der Waals surface area contributed by atoms with E-state index >= 15 is 0 Å². The highest BCUT2D eigenvalue weighted by atomic mass is 16.5. The Labute approximate surface area is 178 Å². The fourth-order valence-corrected chi connectivity index (χ4v) is 3.81. The van der Waals surface area contributed by atoms with Crippen LogP contribution >= 0.6 is 0 Å². The fourth-order valence-electron chi connectivity index (χ4n) is 3.81. The molecule has 1 aliphatic rings.